The van der Waals surface area contributed by atoms with Crippen LogP contribution in [0, 0.1) is 0 Å². The van der Waals surface area contributed by atoms with E-state index in [9.17, 15) is 21.6 Å². The van der Waals surface area contributed by atoms with Crippen molar-refractivity contribution in [2.45, 2.75) is 17.7 Å². The summed E-state index contributed by atoms with van der Waals surface area (Å²) in [5, 5.41) is -1.10. The Labute approximate surface area is 101 Å². The number of rotatable bonds is 6. The van der Waals surface area contributed by atoms with Gasteiger partial charge in [-0.3, -0.25) is 0 Å². The number of hydrogen-bond acceptors (Lipinski definition) is 4. The van der Waals surface area contributed by atoms with Crippen molar-refractivity contribution < 1.29 is 21.6 Å². The minimum Gasteiger partial charge on any atom is -0.392 e. The maximum absolute atomic E-state index is 11.7. The van der Waals surface area contributed by atoms with E-state index in [1.165, 1.54) is 6.92 Å². The third kappa shape index (κ3) is 6.51. The minimum atomic E-state index is -4.36. The van der Waals surface area contributed by atoms with Crippen LogP contribution in [-0.2, 0) is 10.0 Å². The van der Waals surface area contributed by atoms with Crippen molar-refractivity contribution in [3.8, 4) is 0 Å². The topological polar surface area (TPSA) is 72.2 Å². The molecule has 0 saturated carbocycles. The number of sulfonamides is 1. The lowest BCUT2D eigenvalue weighted by atomic mass is 10.5. The predicted octanol–water partition coefficient (Wildman–Crippen LogP) is 0.833. The van der Waals surface area contributed by atoms with Gasteiger partial charge in [-0.15, -0.1) is 0 Å². The van der Waals surface area contributed by atoms with Crippen LogP contribution in [0.1, 0.15) is 6.92 Å². The Morgan fingerprint density at radius 3 is 2.44 bits per heavy atom. The molecule has 0 spiro atoms. The van der Waals surface area contributed by atoms with Crippen LogP contribution < -0.4 is 10.5 Å². The van der Waals surface area contributed by atoms with Crippen LogP contribution in [-0.4, -0.2) is 36.5 Å². The van der Waals surface area contributed by atoms with Gasteiger partial charge in [-0.25, -0.2) is 13.1 Å². The molecule has 0 bridgehead atoms. The summed E-state index contributed by atoms with van der Waals surface area (Å²) >= 11 is 4.18. The van der Waals surface area contributed by atoms with Crippen molar-refractivity contribution in [3.63, 3.8) is 0 Å². The molecule has 0 aliphatic heterocycles. The van der Waals surface area contributed by atoms with Crippen LogP contribution in [0.4, 0.5) is 13.2 Å². The monoisotopic (exact) mass is 296 g/mol. The molecule has 0 amide bonds. The molecule has 0 aromatic rings. The van der Waals surface area contributed by atoms with Crippen molar-refractivity contribution in [2.75, 3.05) is 12.3 Å². The third-order valence-corrected chi connectivity index (χ3v) is 4.57. The summed E-state index contributed by atoms with van der Waals surface area (Å²) in [7, 11) is -3.77. The maximum Gasteiger partial charge on any atom is 0.441 e. The van der Waals surface area contributed by atoms with Crippen LogP contribution in [0.25, 0.3) is 0 Å². The highest BCUT2D eigenvalue weighted by molar-refractivity contribution is 8.00. The summed E-state index contributed by atoms with van der Waals surface area (Å²) in [6, 6.07) is 0. The van der Waals surface area contributed by atoms with Gasteiger partial charge in [-0.1, -0.05) is 12.2 Å². The SMILES string of the molecule is CC(C(N)=S)S(=O)(=O)NCCSC(F)(F)F. The lowest BCUT2D eigenvalue weighted by Gasteiger charge is -2.12. The largest absolute Gasteiger partial charge is 0.441 e. The second-order valence-electron chi connectivity index (χ2n) is 2.78. The first kappa shape index (κ1) is 15.9. The van der Waals surface area contributed by atoms with E-state index >= 15 is 0 Å². The maximum atomic E-state index is 11.7. The number of thiocarbonyl (C=S) groups is 1. The van der Waals surface area contributed by atoms with E-state index in [0.29, 0.717) is 0 Å². The molecular weight excluding hydrogens is 285 g/mol. The van der Waals surface area contributed by atoms with Gasteiger partial charge in [0.05, 0.1) is 4.99 Å². The van der Waals surface area contributed by atoms with E-state index in [4.69, 9.17) is 5.73 Å². The molecule has 0 aromatic carbocycles. The number of thioether (sulfide) groups is 1. The van der Waals surface area contributed by atoms with Gasteiger partial charge in [0.15, 0.2) is 0 Å². The molecule has 0 heterocycles. The predicted molar refractivity (Wildman–Crippen MR) is 61.7 cm³/mol. The third-order valence-electron chi connectivity index (χ3n) is 1.54. The standard InChI is InChI=1S/C6H11F3N2O2S3/c1-4(5(10)14)16(12,13)11-2-3-15-6(7,8)9/h4,11H,2-3H2,1H3,(H2,10,14). The number of nitrogens with one attached hydrogen (secondary N) is 1. The van der Waals surface area contributed by atoms with Crippen molar-refractivity contribution in [1.82, 2.24) is 4.72 Å². The summed E-state index contributed by atoms with van der Waals surface area (Å²) in [4.78, 5) is -0.226. The molecule has 0 saturated heterocycles. The Balaban J connectivity index is 4.07. The first-order valence-electron chi connectivity index (χ1n) is 4.05. The van der Waals surface area contributed by atoms with Crippen LogP contribution in [0.3, 0.4) is 0 Å². The number of halogens is 3. The molecule has 0 radical (unpaired) electrons. The molecule has 0 rings (SSSR count). The van der Waals surface area contributed by atoms with Gasteiger partial charge in [-0.2, -0.15) is 13.2 Å². The van der Waals surface area contributed by atoms with Crippen molar-refractivity contribution in [3.05, 3.63) is 0 Å². The molecule has 3 N–H and O–H groups in total. The molecule has 1 atom stereocenters. The molecule has 0 aromatic heterocycles. The summed E-state index contributed by atoms with van der Waals surface area (Å²) in [5.74, 6) is -0.396. The van der Waals surface area contributed by atoms with Gasteiger partial charge in [0.2, 0.25) is 10.0 Å². The van der Waals surface area contributed by atoms with E-state index in [2.05, 4.69) is 12.2 Å². The van der Waals surface area contributed by atoms with Crippen molar-refractivity contribution in [2.24, 2.45) is 5.73 Å². The zero-order valence-corrected chi connectivity index (χ0v) is 10.7. The molecule has 10 heteroatoms. The Bertz CT molecular complexity index is 341. The van der Waals surface area contributed by atoms with Gasteiger partial charge >= 0.3 is 5.51 Å². The van der Waals surface area contributed by atoms with E-state index in [0.717, 1.165) is 0 Å². The van der Waals surface area contributed by atoms with E-state index in [1.54, 1.807) is 0 Å². The smallest absolute Gasteiger partial charge is 0.392 e. The molecule has 1 unspecified atom stereocenters. The van der Waals surface area contributed by atoms with E-state index in [-0.39, 0.29) is 23.3 Å². The number of hydrogen-bond donors (Lipinski definition) is 2. The average Bonchev–Trinajstić information content (AvgIpc) is 2.09. The first-order valence-corrected chi connectivity index (χ1v) is 6.99. The van der Waals surface area contributed by atoms with Gasteiger partial charge in [-0.05, 0) is 18.7 Å². The Morgan fingerprint density at radius 2 is 2.06 bits per heavy atom. The van der Waals surface area contributed by atoms with Crippen LogP contribution in [0.15, 0.2) is 0 Å². The van der Waals surface area contributed by atoms with Crippen LogP contribution in [0.5, 0.6) is 0 Å². The summed E-state index contributed by atoms with van der Waals surface area (Å²) in [6.45, 7) is 0.945. The van der Waals surface area contributed by atoms with E-state index < -0.39 is 26.5 Å². The minimum absolute atomic E-state index is 0.226. The van der Waals surface area contributed by atoms with Crippen LogP contribution >= 0.6 is 24.0 Å². The summed E-state index contributed by atoms with van der Waals surface area (Å²) in [6.07, 6.45) is 0. The van der Waals surface area contributed by atoms with Gasteiger partial charge in [0.1, 0.15) is 5.25 Å². The highest BCUT2D eigenvalue weighted by Gasteiger charge is 2.28. The summed E-state index contributed by atoms with van der Waals surface area (Å²) < 4.78 is 59.8. The van der Waals surface area contributed by atoms with Gasteiger partial charge in [0, 0.05) is 12.3 Å². The number of alkyl halides is 3. The first-order chi connectivity index (χ1) is 7.06. The lowest BCUT2D eigenvalue weighted by molar-refractivity contribution is -0.0327. The fourth-order valence-corrected chi connectivity index (χ4v) is 2.52. The van der Waals surface area contributed by atoms with Gasteiger partial charge in [0.25, 0.3) is 0 Å². The number of nitrogens with two attached hydrogens (primary N) is 1. The lowest BCUT2D eigenvalue weighted by Crippen LogP contribution is -2.40. The quantitative estimate of drug-likeness (QED) is 0.561. The molecular formula is C6H11F3N2O2S3. The normalized spacial score (nSPS) is 14.8. The zero-order chi connectivity index (χ0) is 13.0. The fraction of sp³-hybridized carbons (Fsp3) is 0.833. The molecule has 0 fully saturated rings. The van der Waals surface area contributed by atoms with Crippen LogP contribution in [0.2, 0.25) is 0 Å². The Kier molecular flexibility index (Phi) is 6.01. The Hall–Kier alpha value is -0.0600. The van der Waals surface area contributed by atoms with E-state index in [1.807, 2.05) is 4.72 Å². The van der Waals surface area contributed by atoms with Gasteiger partial charge < -0.3 is 5.73 Å². The Morgan fingerprint density at radius 1 is 1.56 bits per heavy atom. The molecule has 0 aliphatic carbocycles. The summed E-state index contributed by atoms with van der Waals surface area (Å²) in [5.41, 5.74) is 0.762. The molecule has 96 valence electrons. The molecule has 4 nitrogen and oxygen atoms in total. The second kappa shape index (κ2) is 6.03. The highest BCUT2D eigenvalue weighted by atomic mass is 32.2. The fourth-order valence-electron chi connectivity index (χ4n) is 0.629. The zero-order valence-electron chi connectivity index (χ0n) is 8.24. The van der Waals surface area contributed by atoms with Crippen molar-refractivity contribution in [1.29, 1.82) is 0 Å². The second-order valence-corrected chi connectivity index (χ2v) is 6.50. The highest BCUT2D eigenvalue weighted by Crippen LogP contribution is 2.29. The molecule has 16 heavy (non-hydrogen) atoms. The van der Waals surface area contributed by atoms with Crippen molar-refractivity contribution >= 4 is 39.0 Å². The molecule has 0 aliphatic rings. The average molecular weight is 296 g/mol.